The van der Waals surface area contributed by atoms with E-state index in [1.54, 1.807) is 0 Å². The molecule has 1 rings (SSSR count). The summed E-state index contributed by atoms with van der Waals surface area (Å²) in [7, 11) is 1.97. The van der Waals surface area contributed by atoms with Crippen LogP contribution in [0.1, 0.15) is 38.8 Å². The fraction of sp³-hybridized carbons (Fsp3) is 0.533. The van der Waals surface area contributed by atoms with Crippen LogP contribution >= 0.6 is 0 Å². The van der Waals surface area contributed by atoms with Crippen molar-refractivity contribution in [1.29, 1.82) is 5.26 Å². The van der Waals surface area contributed by atoms with Gasteiger partial charge in [0.1, 0.15) is 6.04 Å². The molecular formula is C15H22N2. The standard InChI is InChI=1S/C15H22N2/c1-11-7-8-13(15(3,4)5)9-14(11)17(6)12(2)10-16/h7-9,12H,1-6H3. The van der Waals surface area contributed by atoms with Crippen LogP contribution in [0.15, 0.2) is 18.2 Å². The molecule has 1 atom stereocenters. The number of hydrogen-bond donors (Lipinski definition) is 0. The van der Waals surface area contributed by atoms with Crippen LogP contribution in [0, 0.1) is 18.3 Å². The van der Waals surface area contributed by atoms with Gasteiger partial charge < -0.3 is 4.90 Å². The topological polar surface area (TPSA) is 27.0 Å². The van der Waals surface area contributed by atoms with E-state index in [-0.39, 0.29) is 11.5 Å². The molecule has 0 heterocycles. The minimum Gasteiger partial charge on any atom is -0.359 e. The highest BCUT2D eigenvalue weighted by Crippen LogP contribution is 2.29. The van der Waals surface area contributed by atoms with Crippen molar-refractivity contribution in [2.75, 3.05) is 11.9 Å². The Morgan fingerprint density at radius 1 is 1.29 bits per heavy atom. The number of anilines is 1. The highest BCUT2D eigenvalue weighted by Gasteiger charge is 2.17. The maximum absolute atomic E-state index is 8.99. The number of aryl methyl sites for hydroxylation is 1. The van der Waals surface area contributed by atoms with E-state index in [4.69, 9.17) is 5.26 Å². The molecule has 17 heavy (non-hydrogen) atoms. The Labute approximate surface area is 105 Å². The Hall–Kier alpha value is -1.49. The predicted octanol–water partition coefficient (Wildman–Crippen LogP) is 3.64. The molecule has 1 unspecified atom stereocenters. The maximum atomic E-state index is 8.99. The average molecular weight is 230 g/mol. The number of nitrogens with zero attached hydrogens (tertiary/aromatic N) is 2. The number of benzene rings is 1. The molecule has 1 aromatic carbocycles. The molecule has 0 bridgehead atoms. The molecule has 92 valence electrons. The highest BCUT2D eigenvalue weighted by molar-refractivity contribution is 5.56. The number of nitriles is 1. The number of hydrogen-bond acceptors (Lipinski definition) is 2. The van der Waals surface area contributed by atoms with Crippen molar-refractivity contribution in [1.82, 2.24) is 0 Å². The van der Waals surface area contributed by atoms with E-state index in [0.29, 0.717) is 0 Å². The second-order valence-corrected chi connectivity index (χ2v) is 5.67. The normalized spacial score (nSPS) is 13.0. The third kappa shape index (κ3) is 3.00. The minimum atomic E-state index is -0.107. The van der Waals surface area contributed by atoms with Crippen LogP contribution < -0.4 is 4.90 Å². The van der Waals surface area contributed by atoms with E-state index in [2.05, 4.69) is 52.0 Å². The lowest BCUT2D eigenvalue weighted by Gasteiger charge is -2.27. The molecule has 0 aliphatic rings. The van der Waals surface area contributed by atoms with Crippen molar-refractivity contribution in [2.45, 2.75) is 46.1 Å². The SMILES string of the molecule is Cc1ccc(C(C)(C)C)cc1N(C)C(C)C#N. The molecule has 1 aromatic rings. The number of rotatable bonds is 2. The minimum absolute atomic E-state index is 0.107. The van der Waals surface area contributed by atoms with Gasteiger partial charge >= 0.3 is 0 Å². The van der Waals surface area contributed by atoms with E-state index >= 15 is 0 Å². The Morgan fingerprint density at radius 3 is 2.35 bits per heavy atom. The van der Waals surface area contributed by atoms with Crippen molar-refractivity contribution >= 4 is 5.69 Å². The Kier molecular flexibility index (Phi) is 3.83. The summed E-state index contributed by atoms with van der Waals surface area (Å²) >= 11 is 0. The van der Waals surface area contributed by atoms with Crippen LogP contribution in [0.4, 0.5) is 5.69 Å². The average Bonchev–Trinajstić information content (AvgIpc) is 2.26. The van der Waals surface area contributed by atoms with Crippen molar-refractivity contribution in [2.24, 2.45) is 0 Å². The van der Waals surface area contributed by atoms with Crippen molar-refractivity contribution in [3.8, 4) is 6.07 Å². The summed E-state index contributed by atoms with van der Waals surface area (Å²) < 4.78 is 0. The summed E-state index contributed by atoms with van der Waals surface area (Å²) in [4.78, 5) is 2.03. The molecule has 2 nitrogen and oxygen atoms in total. The largest absolute Gasteiger partial charge is 0.359 e. The molecule has 0 aromatic heterocycles. The molecule has 0 aliphatic carbocycles. The van der Waals surface area contributed by atoms with Gasteiger partial charge in [0, 0.05) is 12.7 Å². The van der Waals surface area contributed by atoms with E-state index in [9.17, 15) is 0 Å². The van der Waals surface area contributed by atoms with Crippen LogP contribution in [0.2, 0.25) is 0 Å². The van der Waals surface area contributed by atoms with Crippen LogP contribution in [0.3, 0.4) is 0 Å². The van der Waals surface area contributed by atoms with E-state index < -0.39 is 0 Å². The quantitative estimate of drug-likeness (QED) is 0.775. The molecule has 0 aliphatic heterocycles. The van der Waals surface area contributed by atoms with E-state index in [0.717, 1.165) is 5.69 Å². The van der Waals surface area contributed by atoms with E-state index in [1.807, 2.05) is 18.9 Å². The van der Waals surface area contributed by atoms with Crippen molar-refractivity contribution in [3.63, 3.8) is 0 Å². The lowest BCUT2D eigenvalue weighted by Crippen LogP contribution is -2.28. The molecule has 0 N–H and O–H groups in total. The summed E-state index contributed by atoms with van der Waals surface area (Å²) in [6, 6.07) is 8.67. The molecule has 0 saturated carbocycles. The molecule has 0 radical (unpaired) electrons. The van der Waals surface area contributed by atoms with Gasteiger partial charge in [-0.15, -0.1) is 0 Å². The van der Waals surface area contributed by atoms with Gasteiger partial charge in [0.25, 0.3) is 0 Å². The molecule has 0 saturated heterocycles. The highest BCUT2D eigenvalue weighted by atomic mass is 15.1. The second-order valence-electron chi connectivity index (χ2n) is 5.67. The third-order valence-electron chi connectivity index (χ3n) is 3.22. The van der Waals surface area contributed by atoms with Gasteiger partial charge in [-0.3, -0.25) is 0 Å². The fourth-order valence-electron chi connectivity index (χ4n) is 1.75. The maximum Gasteiger partial charge on any atom is 0.113 e. The van der Waals surface area contributed by atoms with Gasteiger partial charge in [0.15, 0.2) is 0 Å². The smallest absolute Gasteiger partial charge is 0.113 e. The Bertz CT molecular complexity index is 435. The zero-order chi connectivity index (χ0) is 13.2. The van der Waals surface area contributed by atoms with Crippen molar-refractivity contribution in [3.05, 3.63) is 29.3 Å². The molecule has 2 heteroatoms. The van der Waals surface area contributed by atoms with Crippen LogP contribution in [-0.4, -0.2) is 13.1 Å². The zero-order valence-electron chi connectivity index (χ0n) is 11.7. The summed E-state index contributed by atoms with van der Waals surface area (Å²) in [5.74, 6) is 0. The molecule has 0 amide bonds. The summed E-state index contributed by atoms with van der Waals surface area (Å²) in [6.07, 6.45) is 0. The third-order valence-corrected chi connectivity index (χ3v) is 3.22. The van der Waals surface area contributed by atoms with Crippen LogP contribution in [0.25, 0.3) is 0 Å². The summed E-state index contributed by atoms with van der Waals surface area (Å²) in [5, 5.41) is 8.99. The Morgan fingerprint density at radius 2 is 1.88 bits per heavy atom. The lowest BCUT2D eigenvalue weighted by atomic mass is 9.86. The zero-order valence-corrected chi connectivity index (χ0v) is 11.7. The fourth-order valence-corrected chi connectivity index (χ4v) is 1.75. The first-order valence-corrected chi connectivity index (χ1v) is 6.01. The lowest BCUT2D eigenvalue weighted by molar-refractivity contribution is 0.589. The molecular weight excluding hydrogens is 208 g/mol. The first-order chi connectivity index (χ1) is 7.77. The summed E-state index contributed by atoms with van der Waals surface area (Å²) in [6.45, 7) is 10.6. The van der Waals surface area contributed by atoms with Crippen LogP contribution in [0.5, 0.6) is 0 Å². The first kappa shape index (κ1) is 13.6. The van der Waals surface area contributed by atoms with Gasteiger partial charge in [-0.05, 0) is 36.5 Å². The molecule has 0 spiro atoms. The van der Waals surface area contributed by atoms with Gasteiger partial charge in [-0.1, -0.05) is 32.9 Å². The monoisotopic (exact) mass is 230 g/mol. The Balaban J connectivity index is 3.21. The predicted molar refractivity (Wildman–Crippen MR) is 73.4 cm³/mol. The summed E-state index contributed by atoms with van der Waals surface area (Å²) in [5.41, 5.74) is 3.79. The second kappa shape index (κ2) is 4.79. The van der Waals surface area contributed by atoms with Gasteiger partial charge in [0.05, 0.1) is 6.07 Å². The van der Waals surface area contributed by atoms with Gasteiger partial charge in [-0.25, -0.2) is 0 Å². The van der Waals surface area contributed by atoms with E-state index in [1.165, 1.54) is 11.1 Å². The van der Waals surface area contributed by atoms with Crippen LogP contribution in [-0.2, 0) is 5.41 Å². The van der Waals surface area contributed by atoms with Gasteiger partial charge in [-0.2, -0.15) is 5.26 Å². The molecule has 0 fully saturated rings. The van der Waals surface area contributed by atoms with Gasteiger partial charge in [0.2, 0.25) is 0 Å². The van der Waals surface area contributed by atoms with Crippen molar-refractivity contribution < 1.29 is 0 Å². The first-order valence-electron chi connectivity index (χ1n) is 6.01.